The molecule has 3 nitrogen and oxygen atoms in total. The van der Waals surface area contributed by atoms with Crippen LogP contribution in [0.4, 0.5) is 5.69 Å². The van der Waals surface area contributed by atoms with Crippen molar-refractivity contribution in [1.29, 1.82) is 10.5 Å². The van der Waals surface area contributed by atoms with Crippen molar-refractivity contribution < 1.29 is 0 Å². The molecule has 0 aliphatic heterocycles. The van der Waals surface area contributed by atoms with E-state index < -0.39 is 0 Å². The van der Waals surface area contributed by atoms with Gasteiger partial charge < -0.3 is 4.90 Å². The number of rotatable bonds is 5. The van der Waals surface area contributed by atoms with Crippen molar-refractivity contribution in [2.24, 2.45) is 0 Å². The van der Waals surface area contributed by atoms with Crippen molar-refractivity contribution in [2.45, 2.75) is 12.8 Å². The summed E-state index contributed by atoms with van der Waals surface area (Å²) in [6.45, 7) is 1.17. The first-order chi connectivity index (χ1) is 8.19. The maximum absolute atomic E-state index is 8.62. The van der Waals surface area contributed by atoms with E-state index in [1.165, 1.54) is 0 Å². The molecule has 0 N–H and O–H groups in total. The summed E-state index contributed by atoms with van der Waals surface area (Å²) >= 11 is 9.49. The van der Waals surface area contributed by atoms with Gasteiger partial charge in [0.25, 0.3) is 0 Å². The summed E-state index contributed by atoms with van der Waals surface area (Å²) in [6, 6.07) is 9.79. The summed E-state index contributed by atoms with van der Waals surface area (Å²) in [4.78, 5) is 1.96. The minimum absolute atomic E-state index is 0.415. The van der Waals surface area contributed by atoms with E-state index in [2.05, 4.69) is 28.1 Å². The summed E-state index contributed by atoms with van der Waals surface area (Å²) in [7, 11) is 0. The summed E-state index contributed by atoms with van der Waals surface area (Å²) in [5.74, 6) is 0. The second-order valence-corrected chi connectivity index (χ2v) is 4.72. The highest BCUT2D eigenvalue weighted by Gasteiger charge is 2.10. The molecule has 5 heteroatoms. The molecule has 0 aliphatic carbocycles. The van der Waals surface area contributed by atoms with E-state index in [1.54, 1.807) is 0 Å². The van der Waals surface area contributed by atoms with Crippen LogP contribution >= 0.6 is 27.5 Å². The first-order valence-corrected chi connectivity index (χ1v) is 6.30. The van der Waals surface area contributed by atoms with Crippen LogP contribution in [0.1, 0.15) is 12.8 Å². The highest BCUT2D eigenvalue weighted by Crippen LogP contribution is 2.29. The van der Waals surface area contributed by atoms with Crippen molar-refractivity contribution in [3.05, 3.63) is 27.7 Å². The Morgan fingerprint density at radius 2 is 1.76 bits per heavy atom. The standard InChI is InChI=1S/C12H11BrClN3/c13-10-3-4-12(11(14)9-10)17(7-1-5-15)8-2-6-16/h3-4,9H,1-2,7-8H2. The fourth-order valence-electron chi connectivity index (χ4n) is 1.46. The fraction of sp³-hybridized carbons (Fsp3) is 0.333. The largest absolute Gasteiger partial charge is 0.368 e. The molecule has 88 valence electrons. The Morgan fingerprint density at radius 1 is 1.18 bits per heavy atom. The molecular formula is C12H11BrClN3. The highest BCUT2D eigenvalue weighted by molar-refractivity contribution is 9.10. The maximum Gasteiger partial charge on any atom is 0.0650 e. The first kappa shape index (κ1) is 13.8. The van der Waals surface area contributed by atoms with Gasteiger partial charge in [-0.1, -0.05) is 27.5 Å². The van der Waals surface area contributed by atoms with Crippen LogP contribution in [0.15, 0.2) is 22.7 Å². The molecule has 0 saturated heterocycles. The minimum atomic E-state index is 0.415. The molecule has 1 aromatic carbocycles. The summed E-state index contributed by atoms with van der Waals surface area (Å²) in [5.41, 5.74) is 0.861. The van der Waals surface area contributed by atoms with Gasteiger partial charge in [0.1, 0.15) is 0 Å². The predicted molar refractivity (Wildman–Crippen MR) is 71.8 cm³/mol. The molecule has 0 amide bonds. The first-order valence-electron chi connectivity index (χ1n) is 5.13. The molecule has 0 aromatic heterocycles. The lowest BCUT2D eigenvalue weighted by Gasteiger charge is -2.23. The van der Waals surface area contributed by atoms with Crippen LogP contribution in [0.3, 0.4) is 0 Å². The number of anilines is 1. The van der Waals surface area contributed by atoms with E-state index in [0.29, 0.717) is 31.0 Å². The van der Waals surface area contributed by atoms with Gasteiger partial charge in [0, 0.05) is 17.6 Å². The molecule has 0 radical (unpaired) electrons. The van der Waals surface area contributed by atoms with Gasteiger partial charge in [-0.2, -0.15) is 10.5 Å². The van der Waals surface area contributed by atoms with Crippen LogP contribution in [0.2, 0.25) is 5.02 Å². The van der Waals surface area contributed by atoms with Gasteiger partial charge in [-0.25, -0.2) is 0 Å². The number of benzene rings is 1. The highest BCUT2D eigenvalue weighted by atomic mass is 79.9. The second-order valence-electron chi connectivity index (χ2n) is 3.40. The molecule has 0 bridgehead atoms. The third-order valence-electron chi connectivity index (χ3n) is 2.24. The number of hydrogen-bond acceptors (Lipinski definition) is 3. The van der Waals surface area contributed by atoms with Crippen LogP contribution in [-0.2, 0) is 0 Å². The zero-order chi connectivity index (χ0) is 12.7. The summed E-state index contributed by atoms with van der Waals surface area (Å²) < 4.78 is 0.909. The predicted octanol–water partition coefficient (Wildman–Crippen LogP) is 3.74. The van der Waals surface area contributed by atoms with Gasteiger partial charge in [-0.15, -0.1) is 0 Å². The number of nitrogens with zero attached hydrogens (tertiary/aromatic N) is 3. The van der Waals surface area contributed by atoms with E-state index in [-0.39, 0.29) is 0 Å². The smallest absolute Gasteiger partial charge is 0.0650 e. The molecule has 0 unspecified atom stereocenters. The van der Waals surface area contributed by atoms with Gasteiger partial charge in [-0.3, -0.25) is 0 Å². The number of nitriles is 2. The Hall–Kier alpha value is -1.23. The lowest BCUT2D eigenvalue weighted by Crippen LogP contribution is -2.25. The monoisotopic (exact) mass is 311 g/mol. The molecule has 0 spiro atoms. The van der Waals surface area contributed by atoms with Gasteiger partial charge in [-0.05, 0) is 18.2 Å². The van der Waals surface area contributed by atoms with Crippen LogP contribution in [0.25, 0.3) is 0 Å². The van der Waals surface area contributed by atoms with Crippen molar-refractivity contribution in [1.82, 2.24) is 0 Å². The molecule has 0 saturated carbocycles. The van der Waals surface area contributed by atoms with Crippen molar-refractivity contribution in [2.75, 3.05) is 18.0 Å². The Bertz CT molecular complexity index is 444. The van der Waals surface area contributed by atoms with Crippen molar-refractivity contribution >= 4 is 33.2 Å². The molecule has 0 heterocycles. The van der Waals surface area contributed by atoms with Crippen LogP contribution < -0.4 is 4.90 Å². The summed E-state index contributed by atoms with van der Waals surface area (Å²) in [5, 5.41) is 17.9. The average molecular weight is 313 g/mol. The zero-order valence-electron chi connectivity index (χ0n) is 9.16. The van der Waals surface area contributed by atoms with Crippen LogP contribution in [0.5, 0.6) is 0 Å². The third-order valence-corrected chi connectivity index (χ3v) is 3.03. The Morgan fingerprint density at radius 3 is 2.24 bits per heavy atom. The van der Waals surface area contributed by atoms with E-state index in [9.17, 15) is 0 Å². The zero-order valence-corrected chi connectivity index (χ0v) is 11.5. The lowest BCUT2D eigenvalue weighted by molar-refractivity contribution is 0.796. The Kier molecular flexibility index (Phi) is 5.83. The Balaban J connectivity index is 2.88. The van der Waals surface area contributed by atoms with E-state index in [4.69, 9.17) is 22.1 Å². The van der Waals surface area contributed by atoms with Crippen molar-refractivity contribution in [3.8, 4) is 12.1 Å². The van der Waals surface area contributed by atoms with Crippen LogP contribution in [-0.4, -0.2) is 13.1 Å². The molecule has 1 aromatic rings. The van der Waals surface area contributed by atoms with Gasteiger partial charge in [0.05, 0.1) is 35.7 Å². The SMILES string of the molecule is N#CCCN(CCC#N)c1ccc(Br)cc1Cl. The molecule has 0 atom stereocenters. The Labute approximate surface area is 114 Å². The third kappa shape index (κ3) is 4.26. The van der Waals surface area contributed by atoms with Crippen molar-refractivity contribution in [3.63, 3.8) is 0 Å². The van der Waals surface area contributed by atoms with E-state index in [1.807, 2.05) is 23.1 Å². The molecule has 17 heavy (non-hydrogen) atoms. The molecular weight excluding hydrogens is 302 g/mol. The van der Waals surface area contributed by atoms with Gasteiger partial charge in [0.15, 0.2) is 0 Å². The van der Waals surface area contributed by atoms with E-state index >= 15 is 0 Å². The normalized spacial score (nSPS) is 9.41. The average Bonchev–Trinajstić information content (AvgIpc) is 2.30. The maximum atomic E-state index is 8.62. The minimum Gasteiger partial charge on any atom is -0.368 e. The fourth-order valence-corrected chi connectivity index (χ4v) is 2.25. The number of halogens is 2. The van der Waals surface area contributed by atoms with E-state index in [0.717, 1.165) is 10.2 Å². The number of hydrogen-bond donors (Lipinski definition) is 0. The van der Waals surface area contributed by atoms with Gasteiger partial charge in [0.2, 0.25) is 0 Å². The topological polar surface area (TPSA) is 50.8 Å². The molecule has 0 aliphatic rings. The quantitative estimate of drug-likeness (QED) is 0.832. The summed E-state index contributed by atoms with van der Waals surface area (Å²) in [6.07, 6.45) is 0.829. The van der Waals surface area contributed by atoms with Crippen LogP contribution in [0, 0.1) is 22.7 Å². The van der Waals surface area contributed by atoms with Gasteiger partial charge >= 0.3 is 0 Å². The lowest BCUT2D eigenvalue weighted by atomic mass is 10.2. The molecule has 0 fully saturated rings. The second kappa shape index (κ2) is 7.17. The molecule has 1 rings (SSSR count).